The summed E-state index contributed by atoms with van der Waals surface area (Å²) in [6.45, 7) is 3.17. The molecule has 0 fully saturated rings. The molecule has 0 radical (unpaired) electrons. The first-order chi connectivity index (χ1) is 11.7. The summed E-state index contributed by atoms with van der Waals surface area (Å²) in [5.41, 5.74) is 2.18. The highest BCUT2D eigenvalue weighted by Crippen LogP contribution is 2.31. The van der Waals surface area contributed by atoms with Gasteiger partial charge in [0.05, 0.1) is 20.3 Å². The Labute approximate surface area is 141 Å². The molecular formula is C19H21NO4. The Bertz CT molecular complexity index is 699. The standard InChI is InChI=1S/C19H21NO4/c1-3-23-19(21)20-12-14-6-4-5-7-17(14)18(13-20)24-16-10-8-15(22-2)9-11-16/h4-11,18H,3,12-13H2,1-2H3. The van der Waals surface area contributed by atoms with Crippen molar-refractivity contribution >= 4 is 6.09 Å². The minimum atomic E-state index is -0.310. The zero-order chi connectivity index (χ0) is 16.9. The maximum atomic E-state index is 12.1. The van der Waals surface area contributed by atoms with Crippen molar-refractivity contribution in [2.75, 3.05) is 20.3 Å². The molecule has 126 valence electrons. The van der Waals surface area contributed by atoms with Gasteiger partial charge in [-0.1, -0.05) is 24.3 Å². The van der Waals surface area contributed by atoms with Gasteiger partial charge in [0.15, 0.2) is 0 Å². The van der Waals surface area contributed by atoms with E-state index in [2.05, 4.69) is 0 Å². The highest BCUT2D eigenvalue weighted by Gasteiger charge is 2.30. The summed E-state index contributed by atoms with van der Waals surface area (Å²) in [7, 11) is 1.63. The van der Waals surface area contributed by atoms with Gasteiger partial charge in [-0.25, -0.2) is 4.79 Å². The van der Waals surface area contributed by atoms with Crippen molar-refractivity contribution in [2.45, 2.75) is 19.6 Å². The van der Waals surface area contributed by atoms with Crippen molar-refractivity contribution in [3.8, 4) is 11.5 Å². The van der Waals surface area contributed by atoms with Gasteiger partial charge in [-0.05, 0) is 42.3 Å². The molecule has 24 heavy (non-hydrogen) atoms. The maximum Gasteiger partial charge on any atom is 0.410 e. The van der Waals surface area contributed by atoms with Crippen LogP contribution < -0.4 is 9.47 Å². The first-order valence-corrected chi connectivity index (χ1v) is 8.01. The number of ether oxygens (including phenoxy) is 3. The summed E-state index contributed by atoms with van der Waals surface area (Å²) < 4.78 is 16.4. The van der Waals surface area contributed by atoms with E-state index in [0.717, 1.165) is 22.6 Å². The van der Waals surface area contributed by atoms with Crippen LogP contribution in [-0.4, -0.2) is 31.3 Å². The van der Waals surface area contributed by atoms with Crippen LogP contribution in [0.4, 0.5) is 4.79 Å². The fourth-order valence-corrected chi connectivity index (χ4v) is 2.83. The second-order valence-corrected chi connectivity index (χ2v) is 5.56. The number of nitrogens with zero attached hydrogens (tertiary/aromatic N) is 1. The zero-order valence-corrected chi connectivity index (χ0v) is 13.9. The van der Waals surface area contributed by atoms with Crippen molar-refractivity contribution < 1.29 is 19.0 Å². The number of rotatable bonds is 4. The van der Waals surface area contributed by atoms with E-state index >= 15 is 0 Å². The van der Waals surface area contributed by atoms with E-state index in [4.69, 9.17) is 14.2 Å². The quantitative estimate of drug-likeness (QED) is 0.857. The summed E-state index contributed by atoms with van der Waals surface area (Å²) in [6, 6.07) is 15.5. The van der Waals surface area contributed by atoms with Crippen LogP contribution in [0.2, 0.25) is 0 Å². The lowest BCUT2D eigenvalue weighted by Gasteiger charge is -2.34. The van der Waals surface area contributed by atoms with Gasteiger partial charge in [0.2, 0.25) is 0 Å². The number of benzene rings is 2. The van der Waals surface area contributed by atoms with Gasteiger partial charge in [0, 0.05) is 6.54 Å². The van der Waals surface area contributed by atoms with Gasteiger partial charge >= 0.3 is 6.09 Å². The molecule has 1 unspecified atom stereocenters. The summed E-state index contributed by atoms with van der Waals surface area (Å²) in [4.78, 5) is 13.8. The van der Waals surface area contributed by atoms with Crippen LogP contribution in [0.3, 0.4) is 0 Å². The summed E-state index contributed by atoms with van der Waals surface area (Å²) in [5, 5.41) is 0. The molecule has 1 amide bonds. The molecule has 3 rings (SSSR count). The number of methoxy groups -OCH3 is 1. The van der Waals surface area contributed by atoms with E-state index in [-0.39, 0.29) is 12.2 Å². The van der Waals surface area contributed by atoms with Gasteiger partial charge in [0.1, 0.15) is 17.6 Å². The molecule has 0 N–H and O–H groups in total. The Balaban J connectivity index is 1.82. The topological polar surface area (TPSA) is 48.0 Å². The van der Waals surface area contributed by atoms with Crippen molar-refractivity contribution in [1.29, 1.82) is 0 Å². The average Bonchev–Trinajstić information content (AvgIpc) is 2.62. The van der Waals surface area contributed by atoms with Crippen LogP contribution in [0.5, 0.6) is 11.5 Å². The molecular weight excluding hydrogens is 306 g/mol. The Hall–Kier alpha value is -2.69. The molecule has 5 nitrogen and oxygen atoms in total. The predicted octanol–water partition coefficient (Wildman–Crippen LogP) is 3.79. The predicted molar refractivity (Wildman–Crippen MR) is 90.2 cm³/mol. The average molecular weight is 327 g/mol. The number of hydrogen-bond donors (Lipinski definition) is 0. The fourth-order valence-electron chi connectivity index (χ4n) is 2.83. The number of carbonyl (C=O) groups excluding carboxylic acids is 1. The van der Waals surface area contributed by atoms with Gasteiger partial charge in [0.25, 0.3) is 0 Å². The van der Waals surface area contributed by atoms with Crippen LogP contribution in [0.25, 0.3) is 0 Å². The molecule has 0 saturated carbocycles. The highest BCUT2D eigenvalue weighted by molar-refractivity contribution is 5.68. The molecule has 0 aliphatic carbocycles. The molecule has 5 heteroatoms. The third-order valence-electron chi connectivity index (χ3n) is 4.01. The first-order valence-electron chi connectivity index (χ1n) is 8.01. The molecule has 0 saturated heterocycles. The molecule has 1 aliphatic heterocycles. The van der Waals surface area contributed by atoms with Gasteiger partial charge in [-0.15, -0.1) is 0 Å². The Kier molecular flexibility index (Phi) is 4.89. The van der Waals surface area contributed by atoms with Gasteiger partial charge in [-0.2, -0.15) is 0 Å². The van der Waals surface area contributed by atoms with E-state index < -0.39 is 0 Å². The maximum absolute atomic E-state index is 12.1. The van der Waals surface area contributed by atoms with Gasteiger partial charge < -0.3 is 14.2 Å². The van der Waals surface area contributed by atoms with Crippen molar-refractivity contribution in [3.63, 3.8) is 0 Å². The smallest absolute Gasteiger partial charge is 0.410 e. The molecule has 0 aromatic heterocycles. The molecule has 2 aromatic carbocycles. The lowest BCUT2D eigenvalue weighted by molar-refractivity contribution is 0.0718. The number of fused-ring (bicyclic) bond motifs is 1. The summed E-state index contributed by atoms with van der Waals surface area (Å²) >= 11 is 0. The van der Waals surface area contributed by atoms with Crippen LogP contribution >= 0.6 is 0 Å². The zero-order valence-electron chi connectivity index (χ0n) is 13.9. The van der Waals surface area contributed by atoms with Gasteiger partial charge in [-0.3, -0.25) is 4.90 Å². The number of hydrogen-bond acceptors (Lipinski definition) is 4. The van der Waals surface area contributed by atoms with Crippen molar-refractivity contribution in [3.05, 3.63) is 59.7 Å². The first kappa shape index (κ1) is 16.2. The van der Waals surface area contributed by atoms with Crippen LogP contribution in [0.15, 0.2) is 48.5 Å². The summed E-state index contributed by atoms with van der Waals surface area (Å²) in [6.07, 6.45) is -0.539. The highest BCUT2D eigenvalue weighted by atomic mass is 16.6. The lowest BCUT2D eigenvalue weighted by Crippen LogP contribution is -2.40. The van der Waals surface area contributed by atoms with E-state index in [1.54, 1.807) is 18.9 Å². The monoisotopic (exact) mass is 327 g/mol. The fraction of sp³-hybridized carbons (Fsp3) is 0.316. The molecule has 0 bridgehead atoms. The number of amides is 1. The minimum Gasteiger partial charge on any atom is -0.497 e. The van der Waals surface area contributed by atoms with Crippen molar-refractivity contribution in [1.82, 2.24) is 4.90 Å². The van der Waals surface area contributed by atoms with Crippen LogP contribution in [-0.2, 0) is 11.3 Å². The summed E-state index contributed by atoms with van der Waals surface area (Å²) in [5.74, 6) is 1.51. The SMILES string of the molecule is CCOC(=O)N1Cc2ccccc2C(Oc2ccc(OC)cc2)C1. The molecule has 0 spiro atoms. The van der Waals surface area contributed by atoms with E-state index in [9.17, 15) is 4.79 Å². The normalized spacial score (nSPS) is 16.2. The van der Waals surface area contributed by atoms with Crippen LogP contribution in [0.1, 0.15) is 24.2 Å². The van der Waals surface area contributed by atoms with E-state index in [1.165, 1.54) is 0 Å². The van der Waals surface area contributed by atoms with Crippen molar-refractivity contribution in [2.24, 2.45) is 0 Å². The molecule has 1 aliphatic rings. The van der Waals surface area contributed by atoms with E-state index in [0.29, 0.717) is 19.7 Å². The minimum absolute atomic E-state index is 0.229. The lowest BCUT2D eigenvalue weighted by atomic mass is 9.97. The Morgan fingerprint density at radius 3 is 2.54 bits per heavy atom. The largest absolute Gasteiger partial charge is 0.497 e. The third kappa shape index (κ3) is 3.45. The second kappa shape index (κ2) is 7.25. The molecule has 1 heterocycles. The molecule has 2 aromatic rings. The number of carbonyl (C=O) groups is 1. The third-order valence-corrected chi connectivity index (χ3v) is 4.01. The van der Waals surface area contributed by atoms with E-state index in [1.807, 2.05) is 48.5 Å². The Morgan fingerprint density at radius 2 is 1.83 bits per heavy atom. The Morgan fingerprint density at radius 1 is 1.12 bits per heavy atom. The second-order valence-electron chi connectivity index (χ2n) is 5.56. The van der Waals surface area contributed by atoms with Crippen LogP contribution in [0, 0.1) is 0 Å². The molecule has 1 atom stereocenters.